The third-order valence-corrected chi connectivity index (χ3v) is 4.73. The number of aliphatic hydroxyl groups excluding tert-OH is 1. The van der Waals surface area contributed by atoms with E-state index < -0.39 is 6.10 Å². The summed E-state index contributed by atoms with van der Waals surface area (Å²) in [5.41, 5.74) is 8.79. The van der Waals surface area contributed by atoms with E-state index >= 15 is 0 Å². The predicted molar refractivity (Wildman–Crippen MR) is 98.6 cm³/mol. The molecule has 2 aromatic carbocycles. The Morgan fingerprint density at radius 2 is 1.62 bits per heavy atom. The van der Waals surface area contributed by atoms with E-state index in [-0.39, 0.29) is 0 Å². The fraction of sp³-hybridized carbons (Fsp3) is 0.400. The fourth-order valence-electron chi connectivity index (χ4n) is 3.25. The Bertz CT molecular complexity index is 624. The van der Waals surface area contributed by atoms with Gasteiger partial charge in [0.05, 0.1) is 6.10 Å². The van der Waals surface area contributed by atoms with Crippen molar-refractivity contribution in [2.24, 2.45) is 0 Å². The second kappa shape index (κ2) is 8.29. The highest BCUT2D eigenvalue weighted by Crippen LogP contribution is 2.19. The Labute approximate surface area is 144 Å². The maximum atomic E-state index is 10.3. The van der Waals surface area contributed by atoms with Crippen LogP contribution in [0.15, 0.2) is 54.6 Å². The van der Waals surface area contributed by atoms with Crippen molar-refractivity contribution < 1.29 is 5.11 Å². The van der Waals surface area contributed by atoms with Crippen LogP contribution in [-0.2, 0) is 6.54 Å². The van der Waals surface area contributed by atoms with E-state index in [4.69, 9.17) is 5.73 Å². The quantitative estimate of drug-likeness (QED) is 0.801. The Morgan fingerprint density at radius 1 is 0.917 bits per heavy atom. The number of piperazine rings is 1. The minimum atomic E-state index is -0.434. The molecule has 0 radical (unpaired) electrons. The molecule has 24 heavy (non-hydrogen) atoms. The average Bonchev–Trinajstić information content (AvgIpc) is 2.62. The maximum Gasteiger partial charge on any atom is 0.0803 e. The molecule has 4 nitrogen and oxygen atoms in total. The fourth-order valence-corrected chi connectivity index (χ4v) is 3.25. The van der Waals surface area contributed by atoms with Crippen LogP contribution in [0.25, 0.3) is 0 Å². The average molecular weight is 325 g/mol. The summed E-state index contributed by atoms with van der Waals surface area (Å²) in [4.78, 5) is 4.94. The number of hydrogen-bond donors (Lipinski definition) is 2. The normalized spacial score (nSPS) is 17.7. The summed E-state index contributed by atoms with van der Waals surface area (Å²) in [5.74, 6) is 0. The van der Waals surface area contributed by atoms with Gasteiger partial charge in [0.2, 0.25) is 0 Å². The maximum absolute atomic E-state index is 10.3. The predicted octanol–water partition coefficient (Wildman–Crippen LogP) is 2.51. The van der Waals surface area contributed by atoms with E-state index in [1.165, 1.54) is 5.56 Å². The Balaban J connectivity index is 1.41. The van der Waals surface area contributed by atoms with Gasteiger partial charge in [0.15, 0.2) is 0 Å². The summed E-state index contributed by atoms with van der Waals surface area (Å²) in [6.07, 6.45) is 0.318. The van der Waals surface area contributed by atoms with Gasteiger partial charge < -0.3 is 15.7 Å². The molecular weight excluding hydrogens is 298 g/mol. The molecule has 1 aliphatic heterocycles. The molecule has 1 atom stereocenters. The lowest BCUT2D eigenvalue weighted by atomic mass is 10.1. The van der Waals surface area contributed by atoms with E-state index in [1.54, 1.807) is 0 Å². The first kappa shape index (κ1) is 17.0. The van der Waals surface area contributed by atoms with Crippen LogP contribution in [0.3, 0.4) is 0 Å². The second-order valence-electron chi connectivity index (χ2n) is 6.58. The topological polar surface area (TPSA) is 52.7 Å². The van der Waals surface area contributed by atoms with Crippen molar-refractivity contribution in [3.8, 4) is 0 Å². The zero-order valence-electron chi connectivity index (χ0n) is 14.1. The Hall–Kier alpha value is -1.88. The molecule has 3 rings (SSSR count). The third-order valence-electron chi connectivity index (χ3n) is 4.73. The standard InChI is InChI=1S/C20H27N3O/c21-19-8-4-7-18(15-19)20(24)9-10-22-11-13-23(14-12-22)16-17-5-2-1-3-6-17/h1-8,15,20,24H,9-14,16,21H2. The molecule has 1 aliphatic rings. The summed E-state index contributed by atoms with van der Waals surface area (Å²) in [6.45, 7) is 6.26. The van der Waals surface area contributed by atoms with Gasteiger partial charge in [0.1, 0.15) is 0 Å². The highest BCUT2D eigenvalue weighted by Gasteiger charge is 2.18. The van der Waals surface area contributed by atoms with Crippen molar-refractivity contribution in [3.63, 3.8) is 0 Å². The van der Waals surface area contributed by atoms with Crippen molar-refractivity contribution in [2.45, 2.75) is 19.1 Å². The van der Waals surface area contributed by atoms with E-state index in [0.29, 0.717) is 5.69 Å². The molecule has 1 saturated heterocycles. The first-order valence-electron chi connectivity index (χ1n) is 8.73. The molecule has 0 amide bonds. The van der Waals surface area contributed by atoms with Crippen LogP contribution in [0.2, 0.25) is 0 Å². The molecule has 0 spiro atoms. The van der Waals surface area contributed by atoms with Crippen LogP contribution in [0, 0.1) is 0 Å². The first-order valence-corrected chi connectivity index (χ1v) is 8.73. The van der Waals surface area contributed by atoms with E-state index in [1.807, 2.05) is 24.3 Å². The first-order chi connectivity index (χ1) is 11.7. The number of nitrogens with zero attached hydrogens (tertiary/aromatic N) is 2. The van der Waals surface area contributed by atoms with E-state index in [9.17, 15) is 5.11 Å². The molecule has 0 aliphatic carbocycles. The molecule has 0 aromatic heterocycles. The Morgan fingerprint density at radius 3 is 2.33 bits per heavy atom. The Kier molecular flexibility index (Phi) is 5.86. The van der Waals surface area contributed by atoms with Gasteiger partial charge in [-0.3, -0.25) is 4.90 Å². The van der Waals surface area contributed by atoms with Gasteiger partial charge in [-0.05, 0) is 29.7 Å². The van der Waals surface area contributed by atoms with Crippen LogP contribution < -0.4 is 5.73 Å². The largest absolute Gasteiger partial charge is 0.399 e. The lowest BCUT2D eigenvalue weighted by molar-refractivity contribution is 0.0994. The molecule has 0 saturated carbocycles. The molecular formula is C20H27N3O. The summed E-state index contributed by atoms with van der Waals surface area (Å²) in [6, 6.07) is 18.2. The van der Waals surface area contributed by atoms with Gasteiger partial charge >= 0.3 is 0 Å². The lowest BCUT2D eigenvalue weighted by Gasteiger charge is -2.35. The molecule has 3 N–H and O–H groups in total. The number of aliphatic hydroxyl groups is 1. The van der Waals surface area contributed by atoms with Crippen molar-refractivity contribution >= 4 is 5.69 Å². The van der Waals surface area contributed by atoms with Crippen LogP contribution in [0.5, 0.6) is 0 Å². The number of hydrogen-bond acceptors (Lipinski definition) is 4. The van der Waals surface area contributed by atoms with Crippen LogP contribution >= 0.6 is 0 Å². The minimum absolute atomic E-state index is 0.434. The van der Waals surface area contributed by atoms with Crippen LogP contribution in [0.4, 0.5) is 5.69 Å². The van der Waals surface area contributed by atoms with Crippen molar-refractivity contribution in [3.05, 3.63) is 65.7 Å². The summed E-state index contributed by atoms with van der Waals surface area (Å²) in [7, 11) is 0. The van der Waals surface area contributed by atoms with Crippen LogP contribution in [-0.4, -0.2) is 47.6 Å². The monoisotopic (exact) mass is 325 g/mol. The number of anilines is 1. The van der Waals surface area contributed by atoms with Gasteiger partial charge in [-0.15, -0.1) is 0 Å². The minimum Gasteiger partial charge on any atom is -0.399 e. The highest BCUT2D eigenvalue weighted by molar-refractivity contribution is 5.41. The molecule has 1 unspecified atom stereocenters. The van der Waals surface area contributed by atoms with E-state index in [0.717, 1.165) is 51.3 Å². The summed E-state index contributed by atoms with van der Waals surface area (Å²) < 4.78 is 0. The molecule has 0 bridgehead atoms. The zero-order chi connectivity index (χ0) is 16.8. The number of benzene rings is 2. The van der Waals surface area contributed by atoms with Crippen LogP contribution in [0.1, 0.15) is 23.7 Å². The van der Waals surface area contributed by atoms with Gasteiger partial charge in [0, 0.05) is 45.0 Å². The van der Waals surface area contributed by atoms with Gasteiger partial charge in [-0.1, -0.05) is 42.5 Å². The van der Waals surface area contributed by atoms with Gasteiger partial charge in [-0.25, -0.2) is 0 Å². The van der Waals surface area contributed by atoms with Gasteiger partial charge in [0.25, 0.3) is 0 Å². The molecule has 1 fully saturated rings. The smallest absolute Gasteiger partial charge is 0.0803 e. The highest BCUT2D eigenvalue weighted by atomic mass is 16.3. The third kappa shape index (κ3) is 4.81. The SMILES string of the molecule is Nc1cccc(C(O)CCN2CCN(Cc3ccccc3)CC2)c1. The molecule has 1 heterocycles. The molecule has 2 aromatic rings. The molecule has 128 valence electrons. The van der Waals surface area contributed by atoms with Crippen molar-refractivity contribution in [1.29, 1.82) is 0 Å². The molecule has 4 heteroatoms. The second-order valence-corrected chi connectivity index (χ2v) is 6.58. The number of nitrogens with two attached hydrogens (primary N) is 1. The summed E-state index contributed by atoms with van der Waals surface area (Å²) >= 11 is 0. The number of nitrogen functional groups attached to an aromatic ring is 1. The van der Waals surface area contributed by atoms with E-state index in [2.05, 4.69) is 40.1 Å². The number of rotatable bonds is 6. The van der Waals surface area contributed by atoms with Crippen molar-refractivity contribution in [2.75, 3.05) is 38.5 Å². The van der Waals surface area contributed by atoms with Gasteiger partial charge in [-0.2, -0.15) is 0 Å². The summed E-state index contributed by atoms with van der Waals surface area (Å²) in [5, 5.41) is 10.3. The van der Waals surface area contributed by atoms with Crippen molar-refractivity contribution in [1.82, 2.24) is 9.80 Å². The lowest BCUT2D eigenvalue weighted by Crippen LogP contribution is -2.46. The zero-order valence-corrected chi connectivity index (χ0v) is 14.1.